The van der Waals surface area contributed by atoms with Crippen LogP contribution < -0.4 is 5.43 Å². The molecule has 1 N–H and O–H groups in total. The van der Waals surface area contributed by atoms with Crippen molar-refractivity contribution in [3.8, 4) is 0 Å². The second kappa shape index (κ2) is 6.91. The first-order valence-corrected chi connectivity index (χ1v) is 7.14. The van der Waals surface area contributed by atoms with Crippen LogP contribution in [-0.2, 0) is 4.79 Å². The van der Waals surface area contributed by atoms with Crippen LogP contribution in [-0.4, -0.2) is 11.6 Å². The Morgan fingerprint density at radius 2 is 1.33 bits per heavy atom. The average molecular weight is 254 g/mol. The van der Waals surface area contributed by atoms with Crippen molar-refractivity contribution in [1.29, 1.82) is 0 Å². The summed E-state index contributed by atoms with van der Waals surface area (Å²) >= 11 is 0. The molecule has 0 spiro atoms. The molecular weight excluding hydrogens is 224 g/mol. The maximum Gasteiger partial charge on any atom is 0.245 e. The molecule has 106 valence electrons. The molecular formula is C15H30N2O. The zero-order valence-corrected chi connectivity index (χ0v) is 13.2. The van der Waals surface area contributed by atoms with Gasteiger partial charge in [0.2, 0.25) is 5.91 Å². The summed E-state index contributed by atoms with van der Waals surface area (Å²) in [7, 11) is 0. The Labute approximate surface area is 112 Å². The van der Waals surface area contributed by atoms with Crippen LogP contribution >= 0.6 is 0 Å². The number of carbonyl (C=O) groups is 1. The first-order valence-electron chi connectivity index (χ1n) is 7.14. The molecule has 0 heterocycles. The fraction of sp³-hybridized carbons (Fsp3) is 0.867. The summed E-state index contributed by atoms with van der Waals surface area (Å²) in [6.45, 7) is 14.6. The van der Waals surface area contributed by atoms with E-state index < -0.39 is 0 Å². The van der Waals surface area contributed by atoms with Gasteiger partial charge in [-0.05, 0) is 32.6 Å². The first-order chi connectivity index (χ1) is 8.29. The smallest absolute Gasteiger partial charge is 0.245 e. The van der Waals surface area contributed by atoms with E-state index in [9.17, 15) is 4.79 Å². The summed E-state index contributed by atoms with van der Waals surface area (Å²) in [6, 6.07) is 0. The van der Waals surface area contributed by atoms with Gasteiger partial charge in [0.1, 0.15) is 0 Å². The van der Waals surface area contributed by atoms with Gasteiger partial charge in [0.25, 0.3) is 0 Å². The lowest BCUT2D eigenvalue weighted by Gasteiger charge is -2.28. The van der Waals surface area contributed by atoms with Gasteiger partial charge in [-0.25, -0.2) is 5.43 Å². The van der Waals surface area contributed by atoms with E-state index in [4.69, 9.17) is 0 Å². The third kappa shape index (κ3) is 3.82. The second-order valence-electron chi connectivity index (χ2n) is 5.67. The zero-order chi connectivity index (χ0) is 14.4. The Morgan fingerprint density at radius 3 is 1.67 bits per heavy atom. The number of hydrazone groups is 1. The lowest BCUT2D eigenvalue weighted by Crippen LogP contribution is -2.37. The quantitative estimate of drug-likeness (QED) is 0.538. The highest BCUT2D eigenvalue weighted by Gasteiger charge is 2.29. The molecule has 0 aromatic rings. The minimum absolute atomic E-state index is 0.0291. The minimum atomic E-state index is -0.307. The number of hydrogen-bond acceptors (Lipinski definition) is 2. The topological polar surface area (TPSA) is 41.5 Å². The molecule has 3 nitrogen and oxygen atoms in total. The number of nitrogens with one attached hydrogen (secondary N) is 1. The van der Waals surface area contributed by atoms with Gasteiger partial charge in [-0.3, -0.25) is 4.79 Å². The standard InChI is InChI=1S/C15H30N2O/c1-8-14(6,9-2)12(5)16-17-13(18)15(7,10-3)11-4/h8-11H2,1-7H3,(H,17,18). The molecule has 0 unspecified atom stereocenters. The van der Waals surface area contributed by atoms with E-state index >= 15 is 0 Å². The van der Waals surface area contributed by atoms with Crippen molar-refractivity contribution in [2.75, 3.05) is 0 Å². The highest BCUT2D eigenvalue weighted by atomic mass is 16.2. The van der Waals surface area contributed by atoms with Crippen LogP contribution in [0.25, 0.3) is 0 Å². The van der Waals surface area contributed by atoms with Crippen LogP contribution in [0, 0.1) is 10.8 Å². The lowest BCUT2D eigenvalue weighted by molar-refractivity contribution is -0.130. The second-order valence-corrected chi connectivity index (χ2v) is 5.67. The predicted molar refractivity (Wildman–Crippen MR) is 78.6 cm³/mol. The van der Waals surface area contributed by atoms with Gasteiger partial charge in [-0.1, -0.05) is 41.5 Å². The van der Waals surface area contributed by atoms with Gasteiger partial charge in [0.15, 0.2) is 0 Å². The molecule has 0 fully saturated rings. The molecule has 0 aromatic heterocycles. The molecule has 0 atom stereocenters. The molecule has 0 saturated carbocycles. The molecule has 0 aliphatic carbocycles. The van der Waals surface area contributed by atoms with Crippen molar-refractivity contribution in [1.82, 2.24) is 5.43 Å². The first kappa shape index (κ1) is 17.1. The zero-order valence-electron chi connectivity index (χ0n) is 13.2. The molecule has 3 heteroatoms. The van der Waals surface area contributed by atoms with E-state index in [0.717, 1.165) is 31.4 Å². The molecule has 0 radical (unpaired) electrons. The third-order valence-electron chi connectivity index (χ3n) is 4.87. The number of carbonyl (C=O) groups excluding carboxylic acids is 1. The van der Waals surface area contributed by atoms with Crippen LogP contribution in [0.15, 0.2) is 5.10 Å². The van der Waals surface area contributed by atoms with Crippen molar-refractivity contribution in [3.63, 3.8) is 0 Å². The highest BCUT2D eigenvalue weighted by Crippen LogP contribution is 2.28. The normalized spacial score (nSPS) is 13.6. The number of hydrogen-bond donors (Lipinski definition) is 1. The molecule has 0 bridgehead atoms. The SMILES string of the molecule is CCC(C)(CC)C(=O)NN=C(C)C(C)(CC)CC. The average Bonchev–Trinajstić information content (AvgIpc) is 2.42. The van der Waals surface area contributed by atoms with E-state index in [1.807, 2.05) is 27.7 Å². The molecule has 0 aliphatic rings. The number of rotatable bonds is 7. The van der Waals surface area contributed by atoms with Gasteiger partial charge < -0.3 is 0 Å². The minimum Gasteiger partial charge on any atom is -0.273 e. The van der Waals surface area contributed by atoms with E-state index in [1.54, 1.807) is 0 Å². The number of amides is 1. The van der Waals surface area contributed by atoms with E-state index in [2.05, 4.69) is 31.3 Å². The van der Waals surface area contributed by atoms with E-state index in [0.29, 0.717) is 0 Å². The monoisotopic (exact) mass is 254 g/mol. The molecule has 0 saturated heterocycles. The maximum atomic E-state index is 12.1. The van der Waals surface area contributed by atoms with Crippen molar-refractivity contribution in [3.05, 3.63) is 0 Å². The molecule has 0 aliphatic heterocycles. The Kier molecular flexibility index (Phi) is 6.58. The summed E-state index contributed by atoms with van der Waals surface area (Å²) in [6.07, 6.45) is 3.74. The van der Waals surface area contributed by atoms with Crippen molar-refractivity contribution in [2.24, 2.45) is 15.9 Å². The molecule has 0 rings (SSSR count). The van der Waals surface area contributed by atoms with Gasteiger partial charge in [-0.2, -0.15) is 5.10 Å². The van der Waals surface area contributed by atoms with Crippen LogP contribution in [0.5, 0.6) is 0 Å². The van der Waals surface area contributed by atoms with Gasteiger partial charge >= 0.3 is 0 Å². The Morgan fingerprint density at radius 1 is 0.944 bits per heavy atom. The Balaban J connectivity index is 4.79. The fourth-order valence-corrected chi connectivity index (χ4v) is 1.74. The maximum absolute atomic E-state index is 12.1. The summed E-state index contributed by atoms with van der Waals surface area (Å²) in [5, 5.41) is 4.32. The van der Waals surface area contributed by atoms with Crippen molar-refractivity contribution < 1.29 is 4.79 Å². The predicted octanol–water partition coefficient (Wildman–Crippen LogP) is 4.13. The lowest BCUT2D eigenvalue weighted by atomic mass is 9.80. The van der Waals surface area contributed by atoms with Crippen LogP contribution in [0.2, 0.25) is 0 Å². The van der Waals surface area contributed by atoms with Crippen molar-refractivity contribution in [2.45, 2.75) is 74.1 Å². The Hall–Kier alpha value is -0.860. The largest absolute Gasteiger partial charge is 0.273 e. The van der Waals surface area contributed by atoms with E-state index in [-0.39, 0.29) is 16.7 Å². The van der Waals surface area contributed by atoms with Gasteiger partial charge in [0, 0.05) is 16.5 Å². The van der Waals surface area contributed by atoms with Gasteiger partial charge in [-0.15, -0.1) is 0 Å². The summed E-state index contributed by atoms with van der Waals surface area (Å²) in [5.74, 6) is 0.0291. The molecule has 18 heavy (non-hydrogen) atoms. The Bertz CT molecular complexity index is 300. The summed E-state index contributed by atoms with van der Waals surface area (Å²) in [4.78, 5) is 12.1. The van der Waals surface area contributed by atoms with Gasteiger partial charge in [0.05, 0.1) is 0 Å². The van der Waals surface area contributed by atoms with Crippen LogP contribution in [0.4, 0.5) is 0 Å². The summed E-state index contributed by atoms with van der Waals surface area (Å²) in [5.41, 5.74) is 3.54. The van der Waals surface area contributed by atoms with Crippen molar-refractivity contribution >= 4 is 11.6 Å². The fourth-order valence-electron chi connectivity index (χ4n) is 1.74. The third-order valence-corrected chi connectivity index (χ3v) is 4.87. The number of nitrogens with zero attached hydrogens (tertiary/aromatic N) is 1. The summed E-state index contributed by atoms with van der Waals surface area (Å²) < 4.78 is 0. The highest BCUT2D eigenvalue weighted by molar-refractivity contribution is 5.89. The van der Waals surface area contributed by atoms with Crippen LogP contribution in [0.1, 0.15) is 74.1 Å². The van der Waals surface area contributed by atoms with E-state index in [1.165, 1.54) is 0 Å². The molecule has 0 aromatic carbocycles. The molecule has 1 amide bonds. The van der Waals surface area contributed by atoms with Crippen LogP contribution in [0.3, 0.4) is 0 Å².